The van der Waals surface area contributed by atoms with E-state index in [1.165, 1.54) is 30.5 Å². The molecule has 1 unspecified atom stereocenters. The van der Waals surface area contributed by atoms with Crippen LogP contribution in [0.1, 0.15) is 37.3 Å². The van der Waals surface area contributed by atoms with Crippen LogP contribution in [0.4, 0.5) is 5.69 Å². The van der Waals surface area contributed by atoms with Crippen molar-refractivity contribution in [2.45, 2.75) is 45.6 Å². The lowest BCUT2D eigenvalue weighted by atomic mass is 10.0. The summed E-state index contributed by atoms with van der Waals surface area (Å²) in [7, 11) is 0. The van der Waals surface area contributed by atoms with Gasteiger partial charge in [0.1, 0.15) is 6.04 Å². The highest BCUT2D eigenvalue weighted by Crippen LogP contribution is 2.25. The first-order valence-corrected chi connectivity index (χ1v) is 7.88. The zero-order chi connectivity index (χ0) is 15.2. The summed E-state index contributed by atoms with van der Waals surface area (Å²) in [6.45, 7) is 6.58. The summed E-state index contributed by atoms with van der Waals surface area (Å²) in [6.07, 6.45) is 4.41. The van der Waals surface area contributed by atoms with Crippen molar-refractivity contribution >= 4 is 11.7 Å². The Morgan fingerprint density at radius 3 is 2.67 bits per heavy atom. The molecule has 1 heterocycles. The number of carbonyl (C=O) groups is 1. The van der Waals surface area contributed by atoms with E-state index in [4.69, 9.17) is 10.5 Å². The lowest BCUT2D eigenvalue weighted by Gasteiger charge is -2.30. The average molecular weight is 290 g/mol. The third-order valence-corrected chi connectivity index (χ3v) is 4.00. The van der Waals surface area contributed by atoms with Gasteiger partial charge in [0.05, 0.1) is 6.61 Å². The van der Waals surface area contributed by atoms with Gasteiger partial charge in [-0.15, -0.1) is 0 Å². The van der Waals surface area contributed by atoms with Crippen LogP contribution in [0.15, 0.2) is 18.2 Å². The van der Waals surface area contributed by atoms with Gasteiger partial charge in [0.25, 0.3) is 0 Å². The largest absolute Gasteiger partial charge is 0.465 e. The Hall–Kier alpha value is -1.55. The highest BCUT2D eigenvalue weighted by Gasteiger charge is 2.17. The predicted octanol–water partition coefficient (Wildman–Crippen LogP) is 2.42. The Balaban J connectivity index is 2.03. The molecule has 1 atom stereocenters. The van der Waals surface area contributed by atoms with Crippen LogP contribution in [-0.2, 0) is 16.0 Å². The van der Waals surface area contributed by atoms with Crippen molar-refractivity contribution < 1.29 is 9.53 Å². The second-order valence-electron chi connectivity index (χ2n) is 5.73. The zero-order valence-electron chi connectivity index (χ0n) is 13.1. The van der Waals surface area contributed by atoms with Crippen LogP contribution in [0.5, 0.6) is 0 Å². The molecular formula is C17H26N2O2. The molecule has 0 aliphatic carbocycles. The van der Waals surface area contributed by atoms with Gasteiger partial charge in [-0.3, -0.25) is 4.79 Å². The number of benzene rings is 1. The van der Waals surface area contributed by atoms with Crippen molar-refractivity contribution in [2.24, 2.45) is 5.73 Å². The van der Waals surface area contributed by atoms with Gasteiger partial charge in [-0.25, -0.2) is 0 Å². The minimum atomic E-state index is -0.579. The number of hydrogen-bond acceptors (Lipinski definition) is 4. The number of piperidine rings is 1. The number of ether oxygens (including phenoxy) is 1. The van der Waals surface area contributed by atoms with Crippen LogP contribution in [0.25, 0.3) is 0 Å². The SMILES string of the molecule is CCOC(=O)C(N)Cc1ccc(N2CCCCC2)c(C)c1. The number of carbonyl (C=O) groups excluding carboxylic acids is 1. The first kappa shape index (κ1) is 15.8. The monoisotopic (exact) mass is 290 g/mol. The van der Waals surface area contributed by atoms with Crippen LogP contribution in [0.2, 0.25) is 0 Å². The maximum atomic E-state index is 11.6. The lowest BCUT2D eigenvalue weighted by molar-refractivity contribution is -0.144. The molecular weight excluding hydrogens is 264 g/mol. The van der Waals surface area contributed by atoms with E-state index in [9.17, 15) is 4.79 Å². The molecule has 0 radical (unpaired) electrons. The summed E-state index contributed by atoms with van der Waals surface area (Å²) >= 11 is 0. The quantitative estimate of drug-likeness (QED) is 0.846. The van der Waals surface area contributed by atoms with Crippen molar-refractivity contribution in [3.05, 3.63) is 29.3 Å². The minimum absolute atomic E-state index is 0.324. The molecule has 1 aromatic carbocycles. The molecule has 0 spiro atoms. The van der Waals surface area contributed by atoms with Crippen LogP contribution in [0.3, 0.4) is 0 Å². The lowest BCUT2D eigenvalue weighted by Crippen LogP contribution is -2.34. The summed E-state index contributed by atoms with van der Waals surface area (Å²) in [5.74, 6) is -0.324. The fourth-order valence-electron chi connectivity index (χ4n) is 2.92. The fourth-order valence-corrected chi connectivity index (χ4v) is 2.92. The number of aryl methyl sites for hydroxylation is 1. The Morgan fingerprint density at radius 2 is 2.05 bits per heavy atom. The van der Waals surface area contributed by atoms with Gasteiger partial charge >= 0.3 is 5.97 Å². The minimum Gasteiger partial charge on any atom is -0.465 e. The average Bonchev–Trinajstić information content (AvgIpc) is 2.48. The van der Waals surface area contributed by atoms with Gasteiger partial charge in [-0.2, -0.15) is 0 Å². The number of esters is 1. The number of hydrogen-bond donors (Lipinski definition) is 1. The summed E-state index contributed by atoms with van der Waals surface area (Å²) in [6, 6.07) is 5.80. The molecule has 1 saturated heterocycles. The standard InChI is InChI=1S/C17H26N2O2/c1-3-21-17(20)15(18)12-14-7-8-16(13(2)11-14)19-9-5-4-6-10-19/h7-8,11,15H,3-6,9-10,12,18H2,1-2H3. The molecule has 1 aliphatic heterocycles. The predicted molar refractivity (Wildman–Crippen MR) is 85.6 cm³/mol. The Morgan fingerprint density at radius 1 is 1.33 bits per heavy atom. The van der Waals surface area contributed by atoms with E-state index in [2.05, 4.69) is 30.0 Å². The van der Waals surface area contributed by atoms with Crippen LogP contribution in [-0.4, -0.2) is 31.7 Å². The topological polar surface area (TPSA) is 55.6 Å². The van der Waals surface area contributed by atoms with Gasteiger partial charge in [0.2, 0.25) is 0 Å². The summed E-state index contributed by atoms with van der Waals surface area (Å²) in [5, 5.41) is 0. The number of nitrogens with zero attached hydrogens (tertiary/aromatic N) is 1. The van der Waals surface area contributed by atoms with Gasteiger partial charge in [0.15, 0.2) is 0 Å². The van der Waals surface area contributed by atoms with E-state index >= 15 is 0 Å². The smallest absolute Gasteiger partial charge is 0.323 e. The van der Waals surface area contributed by atoms with Gasteiger partial charge in [-0.05, 0) is 56.7 Å². The number of anilines is 1. The van der Waals surface area contributed by atoms with E-state index in [-0.39, 0.29) is 5.97 Å². The molecule has 0 aromatic heterocycles. The maximum Gasteiger partial charge on any atom is 0.323 e. The zero-order valence-corrected chi connectivity index (χ0v) is 13.1. The van der Waals surface area contributed by atoms with Crippen molar-refractivity contribution in [1.29, 1.82) is 0 Å². The molecule has 0 bridgehead atoms. The maximum absolute atomic E-state index is 11.6. The molecule has 0 saturated carbocycles. The third kappa shape index (κ3) is 4.21. The molecule has 1 aliphatic rings. The highest BCUT2D eigenvalue weighted by molar-refractivity contribution is 5.76. The Labute approximate surface area is 127 Å². The van der Waals surface area contributed by atoms with Gasteiger partial charge in [-0.1, -0.05) is 12.1 Å². The molecule has 4 nitrogen and oxygen atoms in total. The second-order valence-corrected chi connectivity index (χ2v) is 5.73. The molecule has 0 amide bonds. The van der Waals surface area contributed by atoms with Crippen molar-refractivity contribution in [3.8, 4) is 0 Å². The Bertz CT molecular complexity index is 482. The molecule has 4 heteroatoms. The first-order chi connectivity index (χ1) is 10.1. The molecule has 1 aromatic rings. The van der Waals surface area contributed by atoms with E-state index in [0.717, 1.165) is 18.7 Å². The van der Waals surface area contributed by atoms with Crippen LogP contribution in [0, 0.1) is 6.92 Å². The summed E-state index contributed by atoms with van der Waals surface area (Å²) < 4.78 is 4.95. The fraction of sp³-hybridized carbons (Fsp3) is 0.588. The molecule has 116 valence electrons. The third-order valence-electron chi connectivity index (χ3n) is 4.00. The Kier molecular flexibility index (Phi) is 5.62. The molecule has 1 fully saturated rings. The van der Waals surface area contributed by atoms with Crippen molar-refractivity contribution in [2.75, 3.05) is 24.6 Å². The van der Waals surface area contributed by atoms with Crippen LogP contribution < -0.4 is 10.6 Å². The van der Waals surface area contributed by atoms with Gasteiger partial charge < -0.3 is 15.4 Å². The molecule has 21 heavy (non-hydrogen) atoms. The van der Waals surface area contributed by atoms with Crippen LogP contribution >= 0.6 is 0 Å². The molecule has 2 N–H and O–H groups in total. The van der Waals surface area contributed by atoms with E-state index in [1.807, 2.05) is 0 Å². The highest BCUT2D eigenvalue weighted by atomic mass is 16.5. The number of nitrogens with two attached hydrogens (primary N) is 1. The van der Waals surface area contributed by atoms with E-state index in [0.29, 0.717) is 13.0 Å². The normalized spacial score (nSPS) is 16.6. The second kappa shape index (κ2) is 7.46. The first-order valence-electron chi connectivity index (χ1n) is 7.88. The summed E-state index contributed by atoms with van der Waals surface area (Å²) in [4.78, 5) is 14.0. The molecule has 2 rings (SSSR count). The van der Waals surface area contributed by atoms with Crippen molar-refractivity contribution in [1.82, 2.24) is 0 Å². The van der Waals surface area contributed by atoms with E-state index < -0.39 is 6.04 Å². The summed E-state index contributed by atoms with van der Waals surface area (Å²) in [5.41, 5.74) is 9.54. The van der Waals surface area contributed by atoms with E-state index in [1.54, 1.807) is 6.92 Å². The number of rotatable bonds is 5. The van der Waals surface area contributed by atoms with Crippen molar-refractivity contribution in [3.63, 3.8) is 0 Å². The van der Waals surface area contributed by atoms with Gasteiger partial charge in [0, 0.05) is 18.8 Å².